The number of aromatic nitrogens is 4. The van der Waals surface area contributed by atoms with Gasteiger partial charge in [-0.3, -0.25) is 4.68 Å². The topological polar surface area (TPSA) is 69.2 Å². The lowest BCUT2D eigenvalue weighted by molar-refractivity contribution is 0.262. The molecule has 7 nitrogen and oxygen atoms in total. The molecule has 0 aliphatic heterocycles. The summed E-state index contributed by atoms with van der Waals surface area (Å²) in [6, 6.07) is 7.84. The van der Waals surface area contributed by atoms with Gasteiger partial charge in [-0.1, -0.05) is 17.3 Å². The van der Waals surface area contributed by atoms with Gasteiger partial charge in [0.15, 0.2) is 0 Å². The van der Waals surface area contributed by atoms with E-state index in [0.717, 1.165) is 37.1 Å². The van der Waals surface area contributed by atoms with Gasteiger partial charge in [-0.2, -0.15) is 10.1 Å². The van der Waals surface area contributed by atoms with Gasteiger partial charge in [-0.05, 0) is 44.6 Å². The van der Waals surface area contributed by atoms with Crippen molar-refractivity contribution < 1.29 is 9.26 Å². The SMILES string of the molecule is CN(C)CCOc1ccccc1-c1noc(C2CCc3cnn(C)c3C2)n1. The molecule has 2 aromatic heterocycles. The monoisotopic (exact) mass is 367 g/mol. The maximum Gasteiger partial charge on any atom is 0.230 e. The van der Waals surface area contributed by atoms with Gasteiger partial charge in [0, 0.05) is 31.6 Å². The lowest BCUT2D eigenvalue weighted by atomic mass is 9.88. The number of ether oxygens (including phenoxy) is 1. The number of nitrogens with zero attached hydrogens (tertiary/aromatic N) is 5. The van der Waals surface area contributed by atoms with Crippen LogP contribution in [-0.2, 0) is 19.9 Å². The normalized spacial score (nSPS) is 16.5. The summed E-state index contributed by atoms with van der Waals surface area (Å²) in [7, 11) is 6.04. The van der Waals surface area contributed by atoms with Crippen LogP contribution < -0.4 is 4.74 Å². The number of hydrogen-bond donors (Lipinski definition) is 0. The lowest BCUT2D eigenvalue weighted by Crippen LogP contribution is -2.19. The summed E-state index contributed by atoms with van der Waals surface area (Å²) < 4.78 is 13.5. The molecule has 142 valence electrons. The standard InChI is InChI=1S/C20H25N5O2/c1-24(2)10-11-26-18-7-5-4-6-16(18)19-22-20(27-23-19)14-8-9-15-13-21-25(3)17(15)12-14/h4-7,13-14H,8-12H2,1-3H3. The molecule has 1 aliphatic carbocycles. The Morgan fingerprint density at radius 1 is 1.30 bits per heavy atom. The molecular formula is C20H25N5O2. The van der Waals surface area contributed by atoms with E-state index < -0.39 is 0 Å². The van der Waals surface area contributed by atoms with E-state index in [1.54, 1.807) is 0 Å². The zero-order chi connectivity index (χ0) is 18.8. The summed E-state index contributed by atoms with van der Waals surface area (Å²) in [5, 5.41) is 8.59. The maximum atomic E-state index is 5.93. The molecule has 0 spiro atoms. The van der Waals surface area contributed by atoms with E-state index in [-0.39, 0.29) is 5.92 Å². The zero-order valence-corrected chi connectivity index (χ0v) is 16.1. The number of rotatable bonds is 6. The first-order chi connectivity index (χ1) is 13.1. The number of aryl methyl sites for hydroxylation is 2. The Bertz CT molecular complexity index is 915. The Labute approximate surface area is 158 Å². The maximum absolute atomic E-state index is 5.93. The Balaban J connectivity index is 1.53. The number of para-hydroxylation sites is 1. The minimum Gasteiger partial charge on any atom is -0.491 e. The van der Waals surface area contributed by atoms with Crippen LogP contribution in [0.15, 0.2) is 35.0 Å². The predicted octanol–water partition coefficient (Wildman–Crippen LogP) is 2.68. The van der Waals surface area contributed by atoms with Crippen molar-refractivity contribution in [1.82, 2.24) is 24.8 Å². The lowest BCUT2D eigenvalue weighted by Gasteiger charge is -2.19. The van der Waals surface area contributed by atoms with Crippen molar-refractivity contribution in [1.29, 1.82) is 0 Å². The number of fused-ring (bicyclic) bond motifs is 1. The first kappa shape index (κ1) is 17.7. The minimum atomic E-state index is 0.232. The first-order valence-corrected chi connectivity index (χ1v) is 9.32. The molecule has 0 saturated carbocycles. The van der Waals surface area contributed by atoms with Crippen molar-refractivity contribution in [2.75, 3.05) is 27.2 Å². The summed E-state index contributed by atoms with van der Waals surface area (Å²) in [5.41, 5.74) is 3.45. The van der Waals surface area contributed by atoms with Crippen molar-refractivity contribution in [3.63, 3.8) is 0 Å². The van der Waals surface area contributed by atoms with E-state index >= 15 is 0 Å². The molecule has 7 heteroatoms. The van der Waals surface area contributed by atoms with Gasteiger partial charge >= 0.3 is 0 Å². The number of benzene rings is 1. The summed E-state index contributed by atoms with van der Waals surface area (Å²) in [5.74, 6) is 2.29. The van der Waals surface area contributed by atoms with Gasteiger partial charge in [0.2, 0.25) is 11.7 Å². The van der Waals surface area contributed by atoms with Crippen molar-refractivity contribution in [2.24, 2.45) is 7.05 Å². The number of likely N-dealkylation sites (N-methyl/N-ethyl adjacent to an activating group) is 1. The summed E-state index contributed by atoms with van der Waals surface area (Å²) in [6.45, 7) is 1.46. The first-order valence-electron chi connectivity index (χ1n) is 9.32. The smallest absolute Gasteiger partial charge is 0.230 e. The highest BCUT2D eigenvalue weighted by molar-refractivity contribution is 5.63. The van der Waals surface area contributed by atoms with Crippen LogP contribution in [-0.4, -0.2) is 52.1 Å². The van der Waals surface area contributed by atoms with Crippen LogP contribution >= 0.6 is 0 Å². The van der Waals surface area contributed by atoms with Crippen molar-refractivity contribution in [2.45, 2.75) is 25.2 Å². The fourth-order valence-corrected chi connectivity index (χ4v) is 3.48. The van der Waals surface area contributed by atoms with Gasteiger partial charge < -0.3 is 14.2 Å². The molecule has 1 aromatic carbocycles. The van der Waals surface area contributed by atoms with E-state index in [4.69, 9.17) is 14.2 Å². The second kappa shape index (κ2) is 7.52. The Morgan fingerprint density at radius 2 is 2.15 bits per heavy atom. The quantitative estimate of drug-likeness (QED) is 0.667. The highest BCUT2D eigenvalue weighted by atomic mass is 16.5. The predicted molar refractivity (Wildman–Crippen MR) is 102 cm³/mol. The largest absolute Gasteiger partial charge is 0.491 e. The third-order valence-electron chi connectivity index (χ3n) is 5.06. The van der Waals surface area contributed by atoms with Gasteiger partial charge in [0.1, 0.15) is 12.4 Å². The van der Waals surface area contributed by atoms with Gasteiger partial charge in [0.25, 0.3) is 0 Å². The van der Waals surface area contributed by atoms with E-state index in [1.165, 1.54) is 11.3 Å². The molecule has 3 aromatic rings. The Kier molecular flexibility index (Phi) is 4.94. The van der Waals surface area contributed by atoms with Crippen LogP contribution in [0.5, 0.6) is 5.75 Å². The molecule has 0 bridgehead atoms. The third kappa shape index (κ3) is 3.73. The van der Waals surface area contributed by atoms with E-state index in [9.17, 15) is 0 Å². The molecular weight excluding hydrogens is 342 g/mol. The van der Waals surface area contributed by atoms with Gasteiger partial charge in [0.05, 0.1) is 11.8 Å². The summed E-state index contributed by atoms with van der Waals surface area (Å²) >= 11 is 0. The minimum absolute atomic E-state index is 0.232. The molecule has 0 radical (unpaired) electrons. The third-order valence-corrected chi connectivity index (χ3v) is 5.06. The van der Waals surface area contributed by atoms with Crippen molar-refractivity contribution in [3.05, 3.63) is 47.6 Å². The average Bonchev–Trinajstić information content (AvgIpc) is 3.29. The molecule has 27 heavy (non-hydrogen) atoms. The zero-order valence-electron chi connectivity index (χ0n) is 16.1. The van der Waals surface area contributed by atoms with Gasteiger partial charge in [-0.25, -0.2) is 0 Å². The van der Waals surface area contributed by atoms with Crippen LogP contribution in [0.1, 0.15) is 29.5 Å². The fraction of sp³-hybridized carbons (Fsp3) is 0.450. The molecule has 4 rings (SSSR count). The van der Waals surface area contributed by atoms with E-state index in [0.29, 0.717) is 18.3 Å². The molecule has 1 unspecified atom stereocenters. The summed E-state index contributed by atoms with van der Waals surface area (Å²) in [4.78, 5) is 6.79. The average molecular weight is 367 g/mol. The molecule has 1 atom stereocenters. The highest BCUT2D eigenvalue weighted by Crippen LogP contribution is 2.34. The number of hydrogen-bond acceptors (Lipinski definition) is 6. The van der Waals surface area contributed by atoms with Gasteiger partial charge in [-0.15, -0.1) is 0 Å². The molecule has 2 heterocycles. The van der Waals surface area contributed by atoms with E-state index in [2.05, 4.69) is 15.2 Å². The van der Waals surface area contributed by atoms with Crippen LogP contribution in [0.3, 0.4) is 0 Å². The molecule has 0 N–H and O–H groups in total. The Morgan fingerprint density at radius 3 is 3.00 bits per heavy atom. The highest BCUT2D eigenvalue weighted by Gasteiger charge is 2.27. The molecule has 0 amide bonds. The summed E-state index contributed by atoms with van der Waals surface area (Å²) in [6.07, 6.45) is 4.84. The van der Waals surface area contributed by atoms with Crippen LogP contribution in [0.2, 0.25) is 0 Å². The molecule has 0 saturated heterocycles. The second-order valence-corrected chi connectivity index (χ2v) is 7.28. The molecule has 0 fully saturated rings. The Hall–Kier alpha value is -2.67. The molecule has 1 aliphatic rings. The van der Waals surface area contributed by atoms with Crippen molar-refractivity contribution >= 4 is 0 Å². The van der Waals surface area contributed by atoms with Crippen molar-refractivity contribution in [3.8, 4) is 17.1 Å². The van der Waals surface area contributed by atoms with Crippen LogP contribution in [0.25, 0.3) is 11.4 Å². The van der Waals surface area contributed by atoms with Crippen LogP contribution in [0.4, 0.5) is 0 Å². The van der Waals surface area contributed by atoms with Crippen LogP contribution in [0, 0.1) is 0 Å². The second-order valence-electron chi connectivity index (χ2n) is 7.28. The fourth-order valence-electron chi connectivity index (χ4n) is 3.48. The van der Waals surface area contributed by atoms with E-state index in [1.807, 2.05) is 56.3 Å².